The molecular weight excluding hydrogens is 1080 g/mol. The molecule has 7 aromatic heterocycles. The summed E-state index contributed by atoms with van der Waals surface area (Å²) in [4.78, 5) is 16.2. The minimum absolute atomic E-state index is 0.597. The summed E-state index contributed by atoms with van der Waals surface area (Å²) in [5.74, 6) is 1.80. The van der Waals surface area contributed by atoms with Gasteiger partial charge in [-0.3, -0.25) is 0 Å². The molecule has 9 heteroatoms. The molecule has 0 bridgehead atoms. The lowest BCUT2D eigenvalue weighted by Gasteiger charge is -2.13. The molecule has 0 radical (unpaired) electrons. The number of aromatic nitrogens is 6. The summed E-state index contributed by atoms with van der Waals surface area (Å²) in [6.07, 6.45) is 0. The normalized spacial score (nSPS) is 12.3. The standard InChI is InChI=1S/C75H42N6S3/c1-7-22-58-49(16-1)52-36-39-64-67(55-19-4-10-25-61(55)82-64)70(52)79(58)46-32-28-43(29-33-46)73-76-74(44-30-34-47(35-31-44)80-59-23-8-2-17-50(59)53-37-40-65-68(71(53)80)56-20-5-11-26-62(56)83-65)78-75(77-73)45-14-13-15-48(42-45)81-60-24-9-3-18-51(60)54-38-41-66-69(72(54)81)57-21-6-12-27-63(57)84-66/h1-42H. The number of para-hydroxylation sites is 3. The summed E-state index contributed by atoms with van der Waals surface area (Å²) >= 11 is 5.56. The number of hydrogen-bond acceptors (Lipinski definition) is 6. The minimum atomic E-state index is 0.597. The second-order valence-electron chi connectivity index (χ2n) is 21.8. The van der Waals surface area contributed by atoms with Crippen molar-refractivity contribution in [2.75, 3.05) is 0 Å². The van der Waals surface area contributed by atoms with Crippen molar-refractivity contribution in [3.05, 3.63) is 255 Å². The smallest absolute Gasteiger partial charge is 0.164 e. The Labute approximate surface area is 491 Å². The lowest BCUT2D eigenvalue weighted by atomic mass is 10.1. The average Bonchev–Trinajstić information content (AvgIpc) is 2.19. The van der Waals surface area contributed by atoms with E-state index in [1.807, 2.05) is 34.0 Å². The van der Waals surface area contributed by atoms with Crippen LogP contribution in [0.5, 0.6) is 0 Å². The Hall–Kier alpha value is -10.3. The third-order valence-electron chi connectivity index (χ3n) is 17.3. The van der Waals surface area contributed by atoms with Crippen LogP contribution in [0.15, 0.2) is 255 Å². The second kappa shape index (κ2) is 17.6. The van der Waals surface area contributed by atoms with E-state index < -0.39 is 0 Å². The molecule has 0 spiro atoms. The highest BCUT2D eigenvalue weighted by Crippen LogP contribution is 2.47. The van der Waals surface area contributed by atoms with Gasteiger partial charge < -0.3 is 13.7 Å². The molecule has 0 saturated heterocycles. The average molecular weight is 1120 g/mol. The van der Waals surface area contributed by atoms with Crippen molar-refractivity contribution in [3.8, 4) is 51.2 Å². The topological polar surface area (TPSA) is 53.5 Å². The van der Waals surface area contributed by atoms with Crippen LogP contribution in [-0.2, 0) is 0 Å². The number of hydrogen-bond donors (Lipinski definition) is 0. The maximum Gasteiger partial charge on any atom is 0.164 e. The number of thiophene rings is 3. The van der Waals surface area contributed by atoms with Crippen LogP contribution in [0.25, 0.3) is 177 Å². The van der Waals surface area contributed by atoms with E-state index in [1.165, 1.54) is 120 Å². The molecule has 19 aromatic rings. The fourth-order valence-electron chi connectivity index (χ4n) is 13.7. The fraction of sp³-hybridized carbons (Fsp3) is 0. The molecule has 0 fully saturated rings. The Morgan fingerprint density at radius 1 is 0.226 bits per heavy atom. The number of fused-ring (bicyclic) bond motifs is 21. The molecule has 84 heavy (non-hydrogen) atoms. The highest BCUT2D eigenvalue weighted by Gasteiger charge is 2.23. The molecule has 0 amide bonds. The first-order valence-corrected chi connectivity index (χ1v) is 30.7. The van der Waals surface area contributed by atoms with Gasteiger partial charge in [-0.05, 0) is 115 Å². The van der Waals surface area contributed by atoms with Gasteiger partial charge in [-0.1, -0.05) is 140 Å². The first-order chi connectivity index (χ1) is 41.6. The van der Waals surface area contributed by atoms with Gasteiger partial charge in [0.1, 0.15) is 0 Å². The van der Waals surface area contributed by atoms with Crippen molar-refractivity contribution < 1.29 is 0 Å². The molecule has 0 N–H and O–H groups in total. The second-order valence-corrected chi connectivity index (χ2v) is 25.1. The first-order valence-electron chi connectivity index (χ1n) is 28.2. The van der Waals surface area contributed by atoms with Crippen LogP contribution in [-0.4, -0.2) is 28.7 Å². The van der Waals surface area contributed by atoms with E-state index in [9.17, 15) is 0 Å². The Morgan fingerprint density at radius 2 is 0.560 bits per heavy atom. The summed E-state index contributed by atoms with van der Waals surface area (Å²) in [6, 6.07) is 92.8. The molecule has 0 aliphatic rings. The van der Waals surface area contributed by atoms with E-state index >= 15 is 0 Å². The van der Waals surface area contributed by atoms with Crippen LogP contribution < -0.4 is 0 Å². The molecule has 0 atom stereocenters. The largest absolute Gasteiger partial charge is 0.309 e. The van der Waals surface area contributed by atoms with E-state index in [-0.39, 0.29) is 0 Å². The Kier molecular flexibility index (Phi) is 9.71. The van der Waals surface area contributed by atoms with Crippen LogP contribution in [0.4, 0.5) is 0 Å². The molecule has 12 aromatic carbocycles. The molecular formula is C75H42N6S3. The molecule has 0 aliphatic heterocycles. The van der Waals surface area contributed by atoms with Gasteiger partial charge in [-0.2, -0.15) is 0 Å². The summed E-state index contributed by atoms with van der Waals surface area (Å²) in [7, 11) is 0. The number of rotatable bonds is 6. The van der Waals surface area contributed by atoms with Gasteiger partial charge in [0.2, 0.25) is 0 Å². The van der Waals surface area contributed by atoms with Gasteiger partial charge in [0.25, 0.3) is 0 Å². The third kappa shape index (κ3) is 6.62. The monoisotopic (exact) mass is 1120 g/mol. The minimum Gasteiger partial charge on any atom is -0.309 e. The molecule has 0 saturated carbocycles. The van der Waals surface area contributed by atoms with Crippen LogP contribution in [0, 0.1) is 0 Å². The van der Waals surface area contributed by atoms with Crippen molar-refractivity contribution in [1.82, 2.24) is 28.7 Å². The van der Waals surface area contributed by atoms with Gasteiger partial charge in [0.05, 0.1) is 33.1 Å². The maximum absolute atomic E-state index is 5.43. The van der Waals surface area contributed by atoms with E-state index in [0.29, 0.717) is 17.5 Å². The van der Waals surface area contributed by atoms with E-state index in [2.05, 4.69) is 268 Å². The quantitative estimate of drug-likeness (QED) is 0.167. The molecule has 0 unspecified atom stereocenters. The van der Waals surface area contributed by atoms with Gasteiger partial charge in [-0.25, -0.2) is 15.0 Å². The Bertz CT molecular complexity index is 5740. The van der Waals surface area contributed by atoms with Crippen LogP contribution >= 0.6 is 34.0 Å². The van der Waals surface area contributed by atoms with Gasteiger partial charge in [0, 0.05) is 127 Å². The van der Waals surface area contributed by atoms with E-state index in [4.69, 9.17) is 15.0 Å². The maximum atomic E-state index is 5.43. The zero-order chi connectivity index (χ0) is 54.7. The Morgan fingerprint density at radius 3 is 0.952 bits per heavy atom. The van der Waals surface area contributed by atoms with E-state index in [0.717, 1.165) is 39.3 Å². The third-order valence-corrected chi connectivity index (χ3v) is 20.7. The molecule has 7 heterocycles. The summed E-state index contributed by atoms with van der Waals surface area (Å²) < 4.78 is 15.0. The molecule has 0 aliphatic carbocycles. The van der Waals surface area contributed by atoms with Gasteiger partial charge in [-0.15, -0.1) is 34.0 Å². The summed E-state index contributed by atoms with van der Waals surface area (Å²) in [5.41, 5.74) is 13.0. The number of benzene rings is 12. The molecule has 19 rings (SSSR count). The van der Waals surface area contributed by atoms with Gasteiger partial charge >= 0.3 is 0 Å². The van der Waals surface area contributed by atoms with Gasteiger partial charge in [0.15, 0.2) is 17.5 Å². The van der Waals surface area contributed by atoms with Crippen LogP contribution in [0.2, 0.25) is 0 Å². The van der Waals surface area contributed by atoms with Crippen molar-refractivity contribution in [2.45, 2.75) is 0 Å². The molecule has 6 nitrogen and oxygen atoms in total. The van der Waals surface area contributed by atoms with Crippen LogP contribution in [0.1, 0.15) is 0 Å². The highest BCUT2D eigenvalue weighted by molar-refractivity contribution is 7.26. The van der Waals surface area contributed by atoms with Crippen molar-refractivity contribution in [2.24, 2.45) is 0 Å². The van der Waals surface area contributed by atoms with Crippen LogP contribution in [0.3, 0.4) is 0 Å². The van der Waals surface area contributed by atoms with Crippen molar-refractivity contribution >= 4 is 160 Å². The zero-order valence-corrected chi connectivity index (χ0v) is 47.1. The SMILES string of the molecule is c1cc(-c2nc(-c3ccc(-n4c5ccccc5c5ccc6sc7ccccc7c6c54)cc3)nc(-c3ccc(-n4c5ccccc5c5ccc6sc7ccccc7c6c54)cc3)n2)cc(-n2c3ccccc3c3ccc4sc5ccccc5c4c32)c1. The zero-order valence-electron chi connectivity index (χ0n) is 44.7. The number of nitrogens with zero attached hydrogens (tertiary/aromatic N) is 6. The Balaban J connectivity index is 0.801. The summed E-state index contributed by atoms with van der Waals surface area (Å²) in [6.45, 7) is 0. The lowest BCUT2D eigenvalue weighted by Crippen LogP contribution is -2.02. The van der Waals surface area contributed by atoms with Crippen molar-refractivity contribution in [1.29, 1.82) is 0 Å². The highest BCUT2D eigenvalue weighted by atomic mass is 32.1. The predicted molar refractivity (Wildman–Crippen MR) is 358 cm³/mol. The van der Waals surface area contributed by atoms with Crippen molar-refractivity contribution in [3.63, 3.8) is 0 Å². The predicted octanol–water partition coefficient (Wildman–Crippen LogP) is 21.3. The summed E-state index contributed by atoms with van der Waals surface area (Å²) in [5, 5.41) is 15.1. The first kappa shape index (κ1) is 46.3. The molecule has 390 valence electrons. The fourth-order valence-corrected chi connectivity index (χ4v) is 17.0. The lowest BCUT2D eigenvalue weighted by molar-refractivity contribution is 1.07. The van der Waals surface area contributed by atoms with E-state index in [1.54, 1.807) is 0 Å².